The van der Waals surface area contributed by atoms with Gasteiger partial charge in [-0.15, -0.1) is 0 Å². The van der Waals surface area contributed by atoms with Gasteiger partial charge in [0, 0.05) is 11.1 Å². The van der Waals surface area contributed by atoms with Crippen molar-refractivity contribution in [3.05, 3.63) is 100 Å². The van der Waals surface area contributed by atoms with Crippen LogP contribution in [0.15, 0.2) is 88.5 Å². The Morgan fingerprint density at radius 1 is 1.03 bits per heavy atom. The van der Waals surface area contributed by atoms with E-state index in [0.717, 1.165) is 0 Å². The number of methoxy groups -OCH3 is 1. The van der Waals surface area contributed by atoms with Gasteiger partial charge in [0.15, 0.2) is 23.0 Å². The Hall–Kier alpha value is -4.23. The van der Waals surface area contributed by atoms with Crippen molar-refractivity contribution in [3.8, 4) is 11.5 Å². The predicted molar refractivity (Wildman–Crippen MR) is 127 cm³/mol. The number of hydrogen-bond donors (Lipinski definition) is 2. The van der Waals surface area contributed by atoms with E-state index in [0.29, 0.717) is 22.2 Å². The molecule has 0 saturated carbocycles. The van der Waals surface area contributed by atoms with Crippen LogP contribution in [0.5, 0.6) is 11.5 Å². The normalized spacial score (nSPS) is 15.9. The van der Waals surface area contributed by atoms with Crippen molar-refractivity contribution in [1.82, 2.24) is 0 Å². The van der Waals surface area contributed by atoms with Crippen molar-refractivity contribution in [2.24, 2.45) is 0 Å². The van der Waals surface area contributed by atoms with Crippen molar-refractivity contribution < 1.29 is 29.0 Å². The number of phenols is 1. The summed E-state index contributed by atoms with van der Waals surface area (Å²) in [4.78, 5) is 28.2. The van der Waals surface area contributed by atoms with E-state index in [1.807, 2.05) is 6.07 Å². The van der Waals surface area contributed by atoms with Gasteiger partial charge in [0.05, 0.1) is 23.7 Å². The number of hydrogen-bond acceptors (Lipinski definition) is 6. The van der Waals surface area contributed by atoms with Gasteiger partial charge >= 0.3 is 0 Å². The fourth-order valence-corrected chi connectivity index (χ4v) is 4.36. The standard InChI is InChI=1S/C26H18ClNO6/c1-33-19-13-15(11-17(27)23(19)29)22-21(24(30)20-12-14-7-5-6-10-18(14)34-20)25(31)26(32)28(22)16-8-3-2-4-9-16/h2-13,22,29,31H,1H3. The number of Topliss-reactive ketones (excluding diaryl/α,β-unsaturated/α-hetero) is 1. The number of aliphatic hydroxyl groups excluding tert-OH is 1. The molecule has 5 rings (SSSR count). The molecule has 34 heavy (non-hydrogen) atoms. The number of carbonyl (C=O) groups is 2. The van der Waals surface area contributed by atoms with Gasteiger partial charge in [-0.3, -0.25) is 14.5 Å². The van der Waals surface area contributed by atoms with Crippen LogP contribution in [0, 0.1) is 0 Å². The molecule has 0 saturated heterocycles. The quantitative estimate of drug-likeness (QED) is 0.365. The summed E-state index contributed by atoms with van der Waals surface area (Å²) in [6.07, 6.45) is 0. The van der Waals surface area contributed by atoms with Gasteiger partial charge in [-0.25, -0.2) is 0 Å². The SMILES string of the molecule is COc1cc(C2C(C(=O)c3cc4ccccc4o3)=C(O)C(=O)N2c2ccccc2)cc(Cl)c1O. The second-order valence-electron chi connectivity index (χ2n) is 7.71. The number of anilines is 1. The smallest absolute Gasteiger partial charge is 0.294 e. The third-order valence-corrected chi connectivity index (χ3v) is 6.01. The van der Waals surface area contributed by atoms with Gasteiger partial charge in [-0.05, 0) is 42.0 Å². The Labute approximate surface area is 199 Å². The first-order chi connectivity index (χ1) is 16.4. The van der Waals surface area contributed by atoms with Crippen LogP contribution in [0.25, 0.3) is 11.0 Å². The molecule has 1 amide bonds. The Balaban J connectivity index is 1.71. The lowest BCUT2D eigenvalue weighted by molar-refractivity contribution is -0.117. The Bertz CT molecular complexity index is 1440. The van der Waals surface area contributed by atoms with Gasteiger partial charge in [0.2, 0.25) is 5.78 Å². The van der Waals surface area contributed by atoms with Crippen molar-refractivity contribution in [2.45, 2.75) is 6.04 Å². The topological polar surface area (TPSA) is 100 Å². The number of ketones is 1. The highest BCUT2D eigenvalue weighted by molar-refractivity contribution is 6.32. The molecule has 1 atom stereocenters. The zero-order chi connectivity index (χ0) is 24.0. The van der Waals surface area contributed by atoms with E-state index >= 15 is 0 Å². The minimum atomic E-state index is -1.05. The molecule has 1 aromatic heterocycles. The minimum Gasteiger partial charge on any atom is -0.503 e. The highest BCUT2D eigenvalue weighted by Crippen LogP contribution is 2.46. The average Bonchev–Trinajstić information content (AvgIpc) is 3.40. The van der Waals surface area contributed by atoms with Crippen LogP contribution in [0.1, 0.15) is 22.2 Å². The predicted octanol–water partition coefficient (Wildman–Crippen LogP) is 5.58. The lowest BCUT2D eigenvalue weighted by atomic mass is 9.94. The Morgan fingerprint density at radius 3 is 2.44 bits per heavy atom. The van der Waals surface area contributed by atoms with Gasteiger partial charge in [0.25, 0.3) is 5.91 Å². The zero-order valence-electron chi connectivity index (χ0n) is 17.9. The molecule has 1 aliphatic heterocycles. The molecule has 0 fully saturated rings. The number of furan rings is 1. The first kappa shape index (κ1) is 21.6. The number of amides is 1. The highest BCUT2D eigenvalue weighted by atomic mass is 35.5. The second-order valence-corrected chi connectivity index (χ2v) is 8.11. The van der Waals surface area contributed by atoms with Crippen LogP contribution in [0.3, 0.4) is 0 Å². The van der Waals surface area contributed by atoms with Crippen molar-refractivity contribution in [2.75, 3.05) is 12.0 Å². The molecule has 1 aliphatic rings. The molecule has 0 aliphatic carbocycles. The molecular formula is C26H18ClNO6. The molecule has 1 unspecified atom stereocenters. The van der Waals surface area contributed by atoms with Crippen LogP contribution in [-0.4, -0.2) is 29.0 Å². The fraction of sp³-hybridized carbons (Fsp3) is 0.0769. The van der Waals surface area contributed by atoms with E-state index < -0.39 is 23.5 Å². The summed E-state index contributed by atoms with van der Waals surface area (Å²) in [6, 6.07) is 19.1. The molecule has 0 bridgehead atoms. The third kappa shape index (κ3) is 3.38. The Kier molecular flexibility index (Phi) is 5.26. The van der Waals surface area contributed by atoms with Crippen LogP contribution in [-0.2, 0) is 4.79 Å². The maximum atomic E-state index is 13.6. The summed E-state index contributed by atoms with van der Waals surface area (Å²) in [5, 5.41) is 21.8. The highest BCUT2D eigenvalue weighted by Gasteiger charge is 2.45. The lowest BCUT2D eigenvalue weighted by Crippen LogP contribution is -2.31. The number of rotatable bonds is 5. The Morgan fingerprint density at radius 2 is 1.74 bits per heavy atom. The van der Waals surface area contributed by atoms with Crippen molar-refractivity contribution >= 4 is 39.9 Å². The van der Waals surface area contributed by atoms with Gasteiger partial charge in [0.1, 0.15) is 5.58 Å². The summed E-state index contributed by atoms with van der Waals surface area (Å²) in [5.74, 6) is -2.33. The number of carbonyl (C=O) groups excluding carboxylic acids is 2. The van der Waals surface area contributed by atoms with Crippen LogP contribution in [0.4, 0.5) is 5.69 Å². The molecule has 8 heteroatoms. The molecule has 3 aromatic carbocycles. The molecule has 0 spiro atoms. The average molecular weight is 476 g/mol. The van der Waals surface area contributed by atoms with Crippen LogP contribution in [0.2, 0.25) is 5.02 Å². The summed E-state index contributed by atoms with van der Waals surface area (Å²) in [7, 11) is 1.36. The minimum absolute atomic E-state index is 0.0210. The lowest BCUT2D eigenvalue weighted by Gasteiger charge is -2.27. The second kappa shape index (κ2) is 8.28. The van der Waals surface area contributed by atoms with E-state index in [2.05, 4.69) is 0 Å². The van der Waals surface area contributed by atoms with Crippen molar-refractivity contribution in [3.63, 3.8) is 0 Å². The van der Waals surface area contributed by atoms with E-state index in [9.17, 15) is 19.8 Å². The van der Waals surface area contributed by atoms with E-state index in [1.165, 1.54) is 24.1 Å². The number of para-hydroxylation sites is 2. The van der Waals surface area contributed by atoms with Crippen molar-refractivity contribution in [1.29, 1.82) is 0 Å². The molecule has 7 nitrogen and oxygen atoms in total. The molecular weight excluding hydrogens is 458 g/mol. The molecule has 2 heterocycles. The largest absolute Gasteiger partial charge is 0.503 e. The first-order valence-electron chi connectivity index (χ1n) is 10.3. The van der Waals surface area contributed by atoms with Crippen LogP contribution < -0.4 is 9.64 Å². The van der Waals surface area contributed by atoms with Gasteiger partial charge < -0.3 is 19.4 Å². The number of aromatic hydroxyl groups is 1. The maximum absolute atomic E-state index is 13.6. The van der Waals surface area contributed by atoms with Gasteiger partial charge in [-0.2, -0.15) is 0 Å². The summed E-state index contributed by atoms with van der Waals surface area (Å²) >= 11 is 6.22. The number of aliphatic hydroxyl groups is 1. The maximum Gasteiger partial charge on any atom is 0.294 e. The third-order valence-electron chi connectivity index (χ3n) is 5.72. The summed E-state index contributed by atoms with van der Waals surface area (Å²) in [5.41, 5.74) is 1.15. The van der Waals surface area contributed by atoms with Crippen LogP contribution >= 0.6 is 11.6 Å². The number of fused-ring (bicyclic) bond motifs is 1. The summed E-state index contributed by atoms with van der Waals surface area (Å²) in [6.45, 7) is 0. The number of halogens is 1. The molecule has 170 valence electrons. The van der Waals surface area contributed by atoms with E-state index in [-0.39, 0.29) is 27.9 Å². The van der Waals surface area contributed by atoms with Gasteiger partial charge in [-0.1, -0.05) is 48.0 Å². The fourth-order valence-electron chi connectivity index (χ4n) is 4.14. The van der Waals surface area contributed by atoms with E-state index in [1.54, 1.807) is 54.6 Å². The zero-order valence-corrected chi connectivity index (χ0v) is 18.6. The first-order valence-corrected chi connectivity index (χ1v) is 10.7. The number of benzene rings is 3. The monoisotopic (exact) mass is 475 g/mol. The summed E-state index contributed by atoms with van der Waals surface area (Å²) < 4.78 is 10.9. The number of ether oxygens (including phenoxy) is 1. The molecule has 0 radical (unpaired) electrons. The van der Waals surface area contributed by atoms with E-state index in [4.69, 9.17) is 20.8 Å². The number of phenolic OH excluding ortho intramolecular Hbond substituents is 1. The molecule has 4 aromatic rings. The number of nitrogens with zero attached hydrogens (tertiary/aromatic N) is 1. The molecule has 2 N–H and O–H groups in total.